The normalized spacial score (nSPS) is 38.0. The van der Waals surface area contributed by atoms with Gasteiger partial charge in [-0.05, 0) is 0 Å². The Balaban J connectivity index is 2.54. The van der Waals surface area contributed by atoms with Crippen LogP contribution in [0.15, 0.2) is 0 Å². The number of aliphatic hydroxyl groups excluding tert-OH is 3. The van der Waals surface area contributed by atoms with Crippen LogP contribution in [0.3, 0.4) is 0 Å². The zero-order valence-electron chi connectivity index (χ0n) is 7.88. The zero-order chi connectivity index (χ0) is 10.7. The van der Waals surface area contributed by atoms with E-state index in [1.807, 2.05) is 0 Å². The number of carbonyl (C=O) groups is 1. The molecule has 0 aromatic rings. The fraction of sp³-hybridized carbons (Fsp3) is 0.875. The molecule has 6 nitrogen and oxygen atoms in total. The Morgan fingerprint density at radius 2 is 2.14 bits per heavy atom. The highest BCUT2D eigenvalue weighted by molar-refractivity contribution is 5.73. The number of ether oxygens (including phenoxy) is 1. The lowest BCUT2D eigenvalue weighted by Gasteiger charge is -2.36. The molecular weight excluding hydrogens is 190 g/mol. The minimum atomic E-state index is -1.18. The van der Waals surface area contributed by atoms with Gasteiger partial charge in [0.1, 0.15) is 18.3 Å². The quantitative estimate of drug-likeness (QED) is 0.403. The molecule has 1 fully saturated rings. The van der Waals surface area contributed by atoms with Crippen molar-refractivity contribution in [1.82, 2.24) is 5.32 Å². The number of nitrogens with one attached hydrogen (secondary N) is 1. The van der Waals surface area contributed by atoms with E-state index in [0.717, 1.165) is 0 Å². The van der Waals surface area contributed by atoms with Gasteiger partial charge >= 0.3 is 0 Å². The molecule has 1 saturated heterocycles. The van der Waals surface area contributed by atoms with Crippen molar-refractivity contribution in [3.8, 4) is 0 Å². The monoisotopic (exact) mass is 205 g/mol. The number of amides is 1. The molecule has 82 valence electrons. The lowest BCUT2D eigenvalue weighted by atomic mass is 9.98. The minimum absolute atomic E-state index is 0.0863. The summed E-state index contributed by atoms with van der Waals surface area (Å²) in [5.74, 6) is -0.299. The van der Waals surface area contributed by atoms with Gasteiger partial charge < -0.3 is 25.4 Å². The van der Waals surface area contributed by atoms with E-state index in [0.29, 0.717) is 0 Å². The third kappa shape index (κ3) is 2.42. The van der Waals surface area contributed by atoms with Crippen molar-refractivity contribution in [2.24, 2.45) is 0 Å². The lowest BCUT2D eigenvalue weighted by Crippen LogP contribution is -2.59. The Labute approximate surface area is 81.5 Å². The standard InChI is InChI=1S/C8H15NO5/c1-4(11)9-5-3-14-6(2-10)8(13)7(5)12/h5-8,10,12-13H,2-3H2,1H3,(H,9,11)/t5-,6-,7-,8?/m1/s1. The van der Waals surface area contributed by atoms with Gasteiger partial charge in [0, 0.05) is 6.92 Å². The Morgan fingerprint density at radius 3 is 2.64 bits per heavy atom. The van der Waals surface area contributed by atoms with Crippen LogP contribution in [-0.4, -0.2) is 58.8 Å². The van der Waals surface area contributed by atoms with Crippen LogP contribution in [0.2, 0.25) is 0 Å². The highest BCUT2D eigenvalue weighted by atomic mass is 16.5. The maximum atomic E-state index is 10.7. The molecule has 0 spiro atoms. The molecule has 1 aliphatic heterocycles. The van der Waals surface area contributed by atoms with Crippen LogP contribution in [0.4, 0.5) is 0 Å². The van der Waals surface area contributed by atoms with E-state index in [4.69, 9.17) is 9.84 Å². The molecule has 1 rings (SSSR count). The van der Waals surface area contributed by atoms with Crippen molar-refractivity contribution < 1.29 is 24.9 Å². The molecule has 1 amide bonds. The fourth-order valence-electron chi connectivity index (χ4n) is 1.43. The van der Waals surface area contributed by atoms with Crippen LogP contribution in [0.1, 0.15) is 6.92 Å². The highest BCUT2D eigenvalue weighted by Gasteiger charge is 2.38. The molecule has 0 saturated carbocycles. The summed E-state index contributed by atoms with van der Waals surface area (Å²) in [7, 11) is 0. The number of hydrogen-bond acceptors (Lipinski definition) is 5. The number of carbonyl (C=O) groups excluding carboxylic acids is 1. The van der Waals surface area contributed by atoms with Gasteiger partial charge in [-0.15, -0.1) is 0 Å². The number of rotatable bonds is 2. The van der Waals surface area contributed by atoms with Crippen LogP contribution in [-0.2, 0) is 9.53 Å². The van der Waals surface area contributed by atoms with Gasteiger partial charge in [0.15, 0.2) is 0 Å². The van der Waals surface area contributed by atoms with Gasteiger partial charge in [0.05, 0.1) is 19.3 Å². The van der Waals surface area contributed by atoms with Crippen LogP contribution < -0.4 is 5.32 Å². The number of aliphatic hydroxyl groups is 3. The maximum Gasteiger partial charge on any atom is 0.217 e. The third-order valence-electron chi connectivity index (χ3n) is 2.20. The molecule has 1 heterocycles. The maximum absolute atomic E-state index is 10.7. The second-order valence-corrected chi connectivity index (χ2v) is 3.34. The van der Waals surface area contributed by atoms with Crippen LogP contribution in [0.5, 0.6) is 0 Å². The second-order valence-electron chi connectivity index (χ2n) is 3.34. The molecule has 4 N–H and O–H groups in total. The minimum Gasteiger partial charge on any atom is -0.394 e. The first kappa shape index (κ1) is 11.4. The Kier molecular flexibility index (Phi) is 3.82. The van der Waals surface area contributed by atoms with Crippen molar-refractivity contribution in [2.45, 2.75) is 31.3 Å². The molecule has 14 heavy (non-hydrogen) atoms. The molecule has 1 unspecified atom stereocenters. The Morgan fingerprint density at radius 1 is 1.50 bits per heavy atom. The Bertz CT molecular complexity index is 210. The molecule has 0 radical (unpaired) electrons. The van der Waals surface area contributed by atoms with Crippen molar-refractivity contribution in [3.05, 3.63) is 0 Å². The molecule has 6 heteroatoms. The summed E-state index contributed by atoms with van der Waals surface area (Å²) in [5.41, 5.74) is 0. The first-order chi connectivity index (χ1) is 6.56. The molecule has 0 aromatic heterocycles. The summed E-state index contributed by atoms with van der Waals surface area (Å²) in [4.78, 5) is 10.7. The van der Waals surface area contributed by atoms with Crippen molar-refractivity contribution in [3.63, 3.8) is 0 Å². The van der Waals surface area contributed by atoms with E-state index >= 15 is 0 Å². The summed E-state index contributed by atoms with van der Waals surface area (Å²) in [6.45, 7) is 1.05. The average Bonchev–Trinajstić information content (AvgIpc) is 2.13. The SMILES string of the molecule is CC(=O)N[C@@H]1CO[C@H](CO)C(O)[C@@H]1O. The summed E-state index contributed by atoms with van der Waals surface area (Å²) in [6.07, 6.45) is -3.06. The fourth-order valence-corrected chi connectivity index (χ4v) is 1.43. The molecule has 0 aromatic carbocycles. The van der Waals surface area contributed by atoms with Crippen molar-refractivity contribution >= 4 is 5.91 Å². The summed E-state index contributed by atoms with van der Waals surface area (Å²) in [5, 5.41) is 30.2. The predicted molar refractivity (Wildman–Crippen MR) is 46.4 cm³/mol. The number of hydrogen-bond donors (Lipinski definition) is 4. The van der Waals surface area contributed by atoms with Gasteiger partial charge in [-0.25, -0.2) is 0 Å². The first-order valence-corrected chi connectivity index (χ1v) is 4.42. The van der Waals surface area contributed by atoms with Crippen LogP contribution in [0.25, 0.3) is 0 Å². The van der Waals surface area contributed by atoms with E-state index in [9.17, 15) is 15.0 Å². The summed E-state index contributed by atoms with van der Waals surface area (Å²) in [6, 6.07) is -0.620. The first-order valence-electron chi connectivity index (χ1n) is 4.42. The van der Waals surface area contributed by atoms with Gasteiger partial charge in [-0.2, -0.15) is 0 Å². The highest BCUT2D eigenvalue weighted by Crippen LogP contribution is 2.14. The molecule has 0 aliphatic carbocycles. The van der Waals surface area contributed by atoms with Crippen molar-refractivity contribution in [2.75, 3.05) is 13.2 Å². The Hall–Kier alpha value is -0.690. The smallest absolute Gasteiger partial charge is 0.217 e. The van der Waals surface area contributed by atoms with Gasteiger partial charge in [0.2, 0.25) is 5.91 Å². The third-order valence-corrected chi connectivity index (χ3v) is 2.20. The van der Waals surface area contributed by atoms with E-state index in [2.05, 4.69) is 5.32 Å². The van der Waals surface area contributed by atoms with Crippen LogP contribution in [0, 0.1) is 0 Å². The van der Waals surface area contributed by atoms with Crippen molar-refractivity contribution in [1.29, 1.82) is 0 Å². The van der Waals surface area contributed by atoms with Gasteiger partial charge in [-0.1, -0.05) is 0 Å². The molecular formula is C8H15NO5. The van der Waals surface area contributed by atoms with E-state index in [-0.39, 0.29) is 19.1 Å². The average molecular weight is 205 g/mol. The van der Waals surface area contributed by atoms with Crippen LogP contribution >= 0.6 is 0 Å². The largest absolute Gasteiger partial charge is 0.394 e. The predicted octanol–water partition coefficient (Wildman–Crippen LogP) is -2.40. The zero-order valence-corrected chi connectivity index (χ0v) is 7.88. The lowest BCUT2D eigenvalue weighted by molar-refractivity contribution is -0.164. The van der Waals surface area contributed by atoms with E-state index in [1.165, 1.54) is 6.92 Å². The van der Waals surface area contributed by atoms with Gasteiger partial charge in [0.25, 0.3) is 0 Å². The summed E-state index contributed by atoms with van der Waals surface area (Å²) >= 11 is 0. The van der Waals surface area contributed by atoms with Gasteiger partial charge in [-0.3, -0.25) is 4.79 Å². The topological polar surface area (TPSA) is 99.0 Å². The summed E-state index contributed by atoms with van der Waals surface area (Å²) < 4.78 is 5.05. The van der Waals surface area contributed by atoms with E-state index < -0.39 is 24.4 Å². The molecule has 1 aliphatic rings. The second kappa shape index (κ2) is 4.70. The molecule has 0 bridgehead atoms. The molecule has 4 atom stereocenters. The van der Waals surface area contributed by atoms with E-state index in [1.54, 1.807) is 0 Å².